The summed E-state index contributed by atoms with van der Waals surface area (Å²) < 4.78 is 35.0. The van der Waals surface area contributed by atoms with Gasteiger partial charge in [-0.05, 0) is 68.1 Å². The van der Waals surface area contributed by atoms with Crippen LogP contribution in [0.1, 0.15) is 25.7 Å². The van der Waals surface area contributed by atoms with Gasteiger partial charge < -0.3 is 20.5 Å². The fourth-order valence-electron chi connectivity index (χ4n) is 5.68. The number of carbonyl (C=O) groups is 3. The number of nitrogens with zero attached hydrogens (tertiary/aromatic N) is 4. The lowest BCUT2D eigenvalue weighted by Gasteiger charge is -2.45. The number of piperidine rings is 1. The molecule has 6 rings (SSSR count). The van der Waals surface area contributed by atoms with Crippen molar-refractivity contribution >= 4 is 35.0 Å². The van der Waals surface area contributed by atoms with Gasteiger partial charge in [-0.2, -0.15) is 0 Å². The number of anilines is 3. The number of aromatic nitrogens is 1. The number of primary amides is 1. The highest BCUT2D eigenvalue weighted by Gasteiger charge is 2.57. The molecule has 11 nitrogen and oxygen atoms in total. The second kappa shape index (κ2) is 11.8. The van der Waals surface area contributed by atoms with Gasteiger partial charge in [-0.25, -0.2) is 18.6 Å². The number of amides is 4. The van der Waals surface area contributed by atoms with Gasteiger partial charge in [0.25, 0.3) is 0 Å². The Labute approximate surface area is 252 Å². The van der Waals surface area contributed by atoms with Crippen molar-refractivity contribution in [2.75, 3.05) is 36.4 Å². The second-order valence-electron chi connectivity index (χ2n) is 11.4. The monoisotopic (exact) mass is 606 g/mol. The average molecular weight is 607 g/mol. The van der Waals surface area contributed by atoms with Crippen LogP contribution in [-0.4, -0.2) is 76.1 Å². The maximum atomic E-state index is 15.6. The summed E-state index contributed by atoms with van der Waals surface area (Å²) in [5.41, 5.74) is 4.09. The number of ether oxygens (including phenoxy) is 1. The molecule has 3 fully saturated rings. The zero-order valence-corrected chi connectivity index (χ0v) is 23.8. The quantitative estimate of drug-likeness (QED) is 0.332. The molecular formula is C31H32F2N6O5. The van der Waals surface area contributed by atoms with Crippen molar-refractivity contribution in [2.45, 2.75) is 37.8 Å². The molecule has 1 aromatic heterocycles. The van der Waals surface area contributed by atoms with E-state index in [1.165, 1.54) is 36.5 Å². The molecule has 2 saturated heterocycles. The van der Waals surface area contributed by atoms with E-state index < -0.39 is 28.9 Å². The van der Waals surface area contributed by atoms with Crippen LogP contribution in [-0.2, 0) is 9.59 Å². The molecule has 3 aliphatic rings. The summed E-state index contributed by atoms with van der Waals surface area (Å²) in [6.45, 7) is 2.54. The number of aliphatic hydroxyl groups excluding tert-OH is 1. The van der Waals surface area contributed by atoms with Crippen LogP contribution >= 0.6 is 0 Å². The van der Waals surface area contributed by atoms with Gasteiger partial charge in [0.2, 0.25) is 11.8 Å². The maximum absolute atomic E-state index is 15.6. The number of nitrogens with two attached hydrogens (primary N) is 1. The first-order valence-corrected chi connectivity index (χ1v) is 14.4. The third kappa shape index (κ3) is 5.92. The van der Waals surface area contributed by atoms with Crippen LogP contribution in [0.5, 0.6) is 11.5 Å². The van der Waals surface area contributed by atoms with Gasteiger partial charge in [0, 0.05) is 56.2 Å². The molecule has 1 saturated carbocycles. The molecule has 2 aromatic carbocycles. The molecule has 4 N–H and O–H groups in total. The van der Waals surface area contributed by atoms with E-state index in [2.05, 4.69) is 15.2 Å². The lowest BCUT2D eigenvalue weighted by atomic mass is 9.99. The second-order valence-corrected chi connectivity index (χ2v) is 11.4. The molecule has 230 valence electrons. The molecule has 0 unspecified atom stereocenters. The highest BCUT2D eigenvalue weighted by atomic mass is 19.1. The number of benzene rings is 2. The van der Waals surface area contributed by atoms with Crippen molar-refractivity contribution in [1.29, 1.82) is 0 Å². The number of hydrogen-bond donors (Lipinski definition) is 3. The number of likely N-dealkylation sites (tertiary alicyclic amines) is 2. The first kappa shape index (κ1) is 29.5. The Balaban J connectivity index is 1.13. The number of nitrogens with one attached hydrogen (secondary N) is 1. The summed E-state index contributed by atoms with van der Waals surface area (Å²) in [6.07, 6.45) is 3.33. The number of pyridine rings is 1. The molecule has 3 heterocycles. The number of carbonyl (C=O) groups excluding carboxylic acids is 3. The molecule has 0 atom stereocenters. The van der Waals surface area contributed by atoms with E-state index >= 15 is 4.39 Å². The molecule has 2 aliphatic heterocycles. The number of halogens is 2. The highest BCUT2D eigenvalue weighted by Crippen LogP contribution is 2.49. The van der Waals surface area contributed by atoms with E-state index in [9.17, 15) is 23.9 Å². The molecule has 0 radical (unpaired) electrons. The first-order chi connectivity index (χ1) is 21.1. The molecule has 44 heavy (non-hydrogen) atoms. The van der Waals surface area contributed by atoms with Gasteiger partial charge in [0.1, 0.15) is 28.5 Å². The van der Waals surface area contributed by atoms with E-state index in [4.69, 9.17) is 10.5 Å². The van der Waals surface area contributed by atoms with Crippen molar-refractivity contribution in [3.05, 3.63) is 72.4 Å². The summed E-state index contributed by atoms with van der Waals surface area (Å²) in [5, 5.41) is 12.3. The SMILES string of the molecule is NC(=O)C1(C(=O)N(c2ccc(F)cc2)c2ccc(Oc3ccnc(NC(=O)N4CCC(N5CC(O)C5)CC4)c3)cc2F)CC1. The summed E-state index contributed by atoms with van der Waals surface area (Å²) >= 11 is 0. The third-order valence-corrected chi connectivity index (χ3v) is 8.44. The number of aliphatic hydroxyl groups is 1. The lowest BCUT2D eigenvalue weighted by Crippen LogP contribution is -2.58. The normalized spacial score (nSPS) is 18.3. The van der Waals surface area contributed by atoms with Crippen LogP contribution in [0.15, 0.2) is 60.8 Å². The molecule has 3 aromatic rings. The zero-order valence-electron chi connectivity index (χ0n) is 23.8. The van der Waals surface area contributed by atoms with Gasteiger partial charge in [-0.3, -0.25) is 24.7 Å². The zero-order chi connectivity index (χ0) is 31.0. The van der Waals surface area contributed by atoms with Crippen molar-refractivity contribution in [3.8, 4) is 11.5 Å². The van der Waals surface area contributed by atoms with Gasteiger partial charge in [-0.1, -0.05) is 0 Å². The minimum Gasteiger partial charge on any atom is -0.457 e. The van der Waals surface area contributed by atoms with E-state index in [1.807, 2.05) is 0 Å². The fraction of sp³-hybridized carbons (Fsp3) is 0.355. The standard InChI is InChI=1S/C31H32F2N6O5/c32-19-1-3-21(4-2-19)39(29(42)31(10-11-31)28(34)41)26-6-5-23(15-25(26)33)44-24-7-12-35-27(16-24)36-30(43)37-13-8-20(9-14-37)38-17-22(40)18-38/h1-7,12,15-16,20,22,40H,8-11,13-14,17-18H2,(H2,34,41)(H,35,36,43). The van der Waals surface area contributed by atoms with Crippen molar-refractivity contribution in [2.24, 2.45) is 11.1 Å². The average Bonchev–Trinajstić information content (AvgIpc) is 3.81. The van der Waals surface area contributed by atoms with Gasteiger partial charge in [-0.15, -0.1) is 0 Å². The highest BCUT2D eigenvalue weighted by molar-refractivity contribution is 6.16. The smallest absolute Gasteiger partial charge is 0.323 e. The number of rotatable bonds is 8. The van der Waals surface area contributed by atoms with E-state index in [0.29, 0.717) is 32.2 Å². The van der Waals surface area contributed by atoms with Crippen molar-refractivity contribution < 1.29 is 33.0 Å². The minimum absolute atomic E-state index is 0.107. The Morgan fingerprint density at radius 1 is 1.00 bits per heavy atom. The predicted molar refractivity (Wildman–Crippen MR) is 156 cm³/mol. The molecule has 1 aliphatic carbocycles. The Hall–Kier alpha value is -4.62. The molecule has 0 bridgehead atoms. The third-order valence-electron chi connectivity index (χ3n) is 8.44. The van der Waals surface area contributed by atoms with Crippen LogP contribution in [0.4, 0.5) is 30.8 Å². The van der Waals surface area contributed by atoms with Gasteiger partial charge >= 0.3 is 6.03 Å². The summed E-state index contributed by atoms with van der Waals surface area (Å²) in [5.74, 6) is -2.20. The van der Waals surface area contributed by atoms with Gasteiger partial charge in [0.15, 0.2) is 5.82 Å². The minimum atomic E-state index is -1.44. The van der Waals surface area contributed by atoms with E-state index in [0.717, 1.165) is 35.9 Å². The van der Waals surface area contributed by atoms with Crippen LogP contribution in [0.25, 0.3) is 0 Å². The Morgan fingerprint density at radius 3 is 2.30 bits per heavy atom. The topological polar surface area (TPSA) is 141 Å². The van der Waals surface area contributed by atoms with Crippen LogP contribution in [0.3, 0.4) is 0 Å². The van der Waals surface area contributed by atoms with E-state index in [-0.39, 0.29) is 53.7 Å². The first-order valence-electron chi connectivity index (χ1n) is 14.4. The predicted octanol–water partition coefficient (Wildman–Crippen LogP) is 3.76. The Kier molecular flexibility index (Phi) is 7.91. The fourth-order valence-corrected chi connectivity index (χ4v) is 5.68. The van der Waals surface area contributed by atoms with Crippen LogP contribution in [0.2, 0.25) is 0 Å². The molecule has 0 spiro atoms. The maximum Gasteiger partial charge on any atom is 0.323 e. The van der Waals surface area contributed by atoms with Crippen LogP contribution < -0.4 is 20.7 Å². The largest absolute Gasteiger partial charge is 0.457 e. The van der Waals surface area contributed by atoms with Crippen LogP contribution in [0, 0.1) is 17.0 Å². The van der Waals surface area contributed by atoms with Crippen molar-refractivity contribution in [1.82, 2.24) is 14.8 Å². The Morgan fingerprint density at radius 2 is 1.68 bits per heavy atom. The summed E-state index contributed by atoms with van der Waals surface area (Å²) in [4.78, 5) is 47.6. The van der Waals surface area contributed by atoms with Gasteiger partial charge in [0.05, 0.1) is 11.8 Å². The molecule has 4 amide bonds. The van der Waals surface area contributed by atoms with E-state index in [1.54, 1.807) is 11.0 Å². The summed E-state index contributed by atoms with van der Waals surface area (Å²) in [6, 6.07) is 11.9. The number of hydrogen-bond acceptors (Lipinski definition) is 7. The number of β-amino-alcohol motifs (C(OH)–C–C–N with tert-alkyl or cyclic N) is 1. The van der Waals surface area contributed by atoms with Crippen molar-refractivity contribution in [3.63, 3.8) is 0 Å². The lowest BCUT2D eigenvalue weighted by molar-refractivity contribution is -0.133. The molecule has 13 heteroatoms. The summed E-state index contributed by atoms with van der Waals surface area (Å²) in [7, 11) is 0. The Bertz CT molecular complexity index is 1570. The molecular weight excluding hydrogens is 574 g/mol. The number of urea groups is 1.